The molecule has 0 unspecified atom stereocenters. The van der Waals surface area contributed by atoms with E-state index in [0.717, 1.165) is 30.5 Å². The second-order valence-corrected chi connectivity index (χ2v) is 5.89. The molecule has 0 spiro atoms. The Morgan fingerprint density at radius 2 is 1.81 bits per heavy atom. The van der Waals surface area contributed by atoms with Crippen LogP contribution in [0.2, 0.25) is 0 Å². The molecule has 1 nitrogen and oxygen atoms in total. The van der Waals surface area contributed by atoms with E-state index < -0.39 is 11.6 Å². The fraction of sp³-hybridized carbons (Fsp3) is 0.294. The van der Waals surface area contributed by atoms with Crippen molar-refractivity contribution in [1.29, 1.82) is 0 Å². The molecule has 112 valence electrons. The van der Waals surface area contributed by atoms with Crippen LogP contribution in [0.1, 0.15) is 24.5 Å². The highest BCUT2D eigenvalue weighted by molar-refractivity contribution is 7.98. The summed E-state index contributed by atoms with van der Waals surface area (Å²) < 4.78 is 26.4. The summed E-state index contributed by atoms with van der Waals surface area (Å²) in [5.74, 6) is -0.521. The van der Waals surface area contributed by atoms with Crippen LogP contribution in [0.5, 0.6) is 0 Å². The molecule has 0 saturated carbocycles. The average molecular weight is 307 g/mol. The first kappa shape index (κ1) is 16.0. The van der Waals surface area contributed by atoms with E-state index in [0.29, 0.717) is 11.3 Å². The Bertz CT molecular complexity index is 570. The van der Waals surface area contributed by atoms with Crippen molar-refractivity contribution in [2.24, 2.45) is 0 Å². The van der Waals surface area contributed by atoms with Gasteiger partial charge in [0.1, 0.15) is 11.6 Å². The molecule has 0 aliphatic carbocycles. The standard InChI is InChI=1S/C17H19F2NS/c1-2-9-20-11-13-3-7-16(8-4-13)21-12-14-5-6-15(18)10-17(14)19/h3-8,10,20H,2,9,11-12H2,1H3. The van der Waals surface area contributed by atoms with Gasteiger partial charge in [-0.25, -0.2) is 8.78 Å². The second-order valence-electron chi connectivity index (χ2n) is 4.85. The SMILES string of the molecule is CCCNCc1ccc(SCc2ccc(F)cc2F)cc1. The minimum atomic E-state index is -0.537. The Morgan fingerprint density at radius 3 is 2.48 bits per heavy atom. The van der Waals surface area contributed by atoms with Crippen LogP contribution in [-0.4, -0.2) is 6.54 Å². The Hall–Kier alpha value is -1.39. The second kappa shape index (κ2) is 8.15. The molecule has 2 rings (SSSR count). The summed E-state index contributed by atoms with van der Waals surface area (Å²) in [6.07, 6.45) is 1.12. The molecule has 0 atom stereocenters. The van der Waals surface area contributed by atoms with Crippen LogP contribution in [0.4, 0.5) is 8.78 Å². The minimum Gasteiger partial charge on any atom is -0.313 e. The maximum absolute atomic E-state index is 13.5. The van der Waals surface area contributed by atoms with Crippen molar-refractivity contribution in [2.75, 3.05) is 6.54 Å². The maximum atomic E-state index is 13.5. The molecule has 21 heavy (non-hydrogen) atoms. The Morgan fingerprint density at radius 1 is 1.05 bits per heavy atom. The number of hydrogen-bond donors (Lipinski definition) is 1. The van der Waals surface area contributed by atoms with E-state index in [-0.39, 0.29) is 0 Å². The highest BCUT2D eigenvalue weighted by atomic mass is 32.2. The third-order valence-corrected chi connectivity index (χ3v) is 4.15. The molecular weight excluding hydrogens is 288 g/mol. The van der Waals surface area contributed by atoms with Gasteiger partial charge in [0.05, 0.1) is 0 Å². The largest absolute Gasteiger partial charge is 0.313 e. The minimum absolute atomic E-state index is 0.483. The molecule has 0 heterocycles. The lowest BCUT2D eigenvalue weighted by Gasteiger charge is -2.06. The zero-order valence-corrected chi connectivity index (χ0v) is 12.9. The highest BCUT2D eigenvalue weighted by Gasteiger charge is 2.04. The molecule has 0 aliphatic rings. The van der Waals surface area contributed by atoms with Crippen LogP contribution in [-0.2, 0) is 12.3 Å². The van der Waals surface area contributed by atoms with Gasteiger partial charge < -0.3 is 5.32 Å². The summed E-state index contributed by atoms with van der Waals surface area (Å²) in [5.41, 5.74) is 1.76. The van der Waals surface area contributed by atoms with E-state index in [9.17, 15) is 8.78 Å². The summed E-state index contributed by atoms with van der Waals surface area (Å²) >= 11 is 1.55. The quantitative estimate of drug-likeness (QED) is 0.585. The van der Waals surface area contributed by atoms with Crippen LogP contribution in [0.25, 0.3) is 0 Å². The molecule has 0 saturated heterocycles. The van der Waals surface area contributed by atoms with E-state index in [1.165, 1.54) is 17.7 Å². The smallest absolute Gasteiger partial charge is 0.130 e. The molecule has 0 aromatic heterocycles. The van der Waals surface area contributed by atoms with Crippen molar-refractivity contribution in [3.05, 3.63) is 65.2 Å². The number of benzene rings is 2. The molecule has 2 aromatic carbocycles. The van der Waals surface area contributed by atoms with Crippen LogP contribution < -0.4 is 5.32 Å². The van der Waals surface area contributed by atoms with Crippen molar-refractivity contribution in [3.63, 3.8) is 0 Å². The lowest BCUT2D eigenvalue weighted by Crippen LogP contribution is -2.13. The highest BCUT2D eigenvalue weighted by Crippen LogP contribution is 2.24. The summed E-state index contributed by atoms with van der Waals surface area (Å²) in [7, 11) is 0. The van der Waals surface area contributed by atoms with E-state index in [1.807, 2.05) is 12.1 Å². The Kier molecular flexibility index (Phi) is 6.21. The molecule has 0 aliphatic heterocycles. The number of thioether (sulfide) groups is 1. The zero-order valence-electron chi connectivity index (χ0n) is 12.0. The number of rotatable bonds is 7. The fourth-order valence-corrected chi connectivity index (χ4v) is 2.80. The van der Waals surface area contributed by atoms with Crippen molar-refractivity contribution in [1.82, 2.24) is 5.32 Å². The number of halogens is 2. The van der Waals surface area contributed by atoms with E-state index in [1.54, 1.807) is 11.8 Å². The summed E-state index contributed by atoms with van der Waals surface area (Å²) in [6, 6.07) is 11.9. The molecule has 1 N–H and O–H groups in total. The van der Waals surface area contributed by atoms with E-state index >= 15 is 0 Å². The summed E-state index contributed by atoms with van der Waals surface area (Å²) in [5, 5.41) is 3.35. The van der Waals surface area contributed by atoms with Gasteiger partial charge in [0.25, 0.3) is 0 Å². The molecule has 0 fully saturated rings. The predicted octanol–water partition coefficient (Wildman–Crippen LogP) is 4.76. The van der Waals surface area contributed by atoms with Gasteiger partial charge in [0, 0.05) is 23.3 Å². The predicted molar refractivity (Wildman–Crippen MR) is 84.4 cm³/mol. The molecular formula is C17H19F2NS. The lowest BCUT2D eigenvalue weighted by molar-refractivity contribution is 0.576. The van der Waals surface area contributed by atoms with Crippen LogP contribution in [0.3, 0.4) is 0 Å². The normalized spacial score (nSPS) is 10.8. The first-order chi connectivity index (χ1) is 10.2. The zero-order chi connectivity index (χ0) is 15.1. The van der Waals surface area contributed by atoms with Gasteiger partial charge in [-0.3, -0.25) is 0 Å². The molecule has 4 heteroatoms. The molecule has 0 amide bonds. The summed E-state index contributed by atoms with van der Waals surface area (Å²) in [4.78, 5) is 1.08. The Labute approximate surface area is 128 Å². The van der Waals surface area contributed by atoms with Gasteiger partial charge in [-0.2, -0.15) is 0 Å². The van der Waals surface area contributed by atoms with Crippen LogP contribution in [0.15, 0.2) is 47.4 Å². The van der Waals surface area contributed by atoms with E-state index in [2.05, 4.69) is 24.4 Å². The van der Waals surface area contributed by atoms with Gasteiger partial charge in [-0.05, 0) is 42.3 Å². The fourth-order valence-electron chi connectivity index (χ4n) is 1.91. The van der Waals surface area contributed by atoms with Crippen LogP contribution >= 0.6 is 11.8 Å². The molecule has 2 aromatic rings. The lowest BCUT2D eigenvalue weighted by atomic mass is 10.2. The third-order valence-electron chi connectivity index (χ3n) is 3.09. The summed E-state index contributed by atoms with van der Waals surface area (Å²) in [6.45, 7) is 4.02. The van der Waals surface area contributed by atoms with Crippen molar-refractivity contribution in [2.45, 2.75) is 30.5 Å². The van der Waals surface area contributed by atoms with E-state index in [4.69, 9.17) is 0 Å². The maximum Gasteiger partial charge on any atom is 0.130 e. The van der Waals surface area contributed by atoms with Gasteiger partial charge in [0.15, 0.2) is 0 Å². The molecule has 0 radical (unpaired) electrons. The van der Waals surface area contributed by atoms with Crippen LogP contribution in [0, 0.1) is 11.6 Å². The molecule has 0 bridgehead atoms. The monoisotopic (exact) mass is 307 g/mol. The first-order valence-electron chi connectivity index (χ1n) is 7.05. The van der Waals surface area contributed by atoms with Crippen molar-refractivity contribution in [3.8, 4) is 0 Å². The third kappa shape index (κ3) is 5.14. The van der Waals surface area contributed by atoms with Gasteiger partial charge in [-0.1, -0.05) is 25.1 Å². The topological polar surface area (TPSA) is 12.0 Å². The number of hydrogen-bond acceptors (Lipinski definition) is 2. The van der Waals surface area contributed by atoms with Crippen molar-refractivity contribution < 1.29 is 8.78 Å². The van der Waals surface area contributed by atoms with Gasteiger partial charge >= 0.3 is 0 Å². The van der Waals surface area contributed by atoms with Gasteiger partial charge in [-0.15, -0.1) is 11.8 Å². The van der Waals surface area contributed by atoms with Gasteiger partial charge in [0.2, 0.25) is 0 Å². The Balaban J connectivity index is 1.88. The average Bonchev–Trinajstić information content (AvgIpc) is 2.48. The van der Waals surface area contributed by atoms with Crippen molar-refractivity contribution >= 4 is 11.8 Å². The number of nitrogens with one attached hydrogen (secondary N) is 1. The first-order valence-corrected chi connectivity index (χ1v) is 8.04.